The van der Waals surface area contributed by atoms with Crippen molar-refractivity contribution in [2.75, 3.05) is 0 Å². The SMILES string of the molecule is [C-]#[N+]c1ccc2c(c1)CC=C2. The summed E-state index contributed by atoms with van der Waals surface area (Å²) >= 11 is 0. The maximum Gasteiger partial charge on any atom is 0.187 e. The second-order valence-electron chi connectivity index (χ2n) is 2.60. The number of fused-ring (bicyclic) bond motifs is 1. The lowest BCUT2D eigenvalue weighted by Crippen LogP contribution is -1.78. The third-order valence-corrected chi connectivity index (χ3v) is 1.89. The van der Waals surface area contributed by atoms with E-state index >= 15 is 0 Å². The molecule has 0 saturated carbocycles. The van der Waals surface area contributed by atoms with Gasteiger partial charge in [0.2, 0.25) is 0 Å². The van der Waals surface area contributed by atoms with E-state index in [1.807, 2.05) is 18.2 Å². The van der Waals surface area contributed by atoms with Crippen LogP contribution in [0, 0.1) is 6.57 Å². The lowest BCUT2D eigenvalue weighted by molar-refractivity contribution is 1.32. The van der Waals surface area contributed by atoms with E-state index in [-0.39, 0.29) is 0 Å². The topological polar surface area (TPSA) is 4.36 Å². The molecule has 1 heteroatoms. The molecular weight excluding hydrogens is 134 g/mol. The van der Waals surface area contributed by atoms with Gasteiger partial charge < -0.3 is 0 Å². The zero-order valence-electron chi connectivity index (χ0n) is 6.04. The Hall–Kier alpha value is -1.55. The minimum atomic E-state index is 0.743. The van der Waals surface area contributed by atoms with Gasteiger partial charge in [-0.1, -0.05) is 30.4 Å². The van der Waals surface area contributed by atoms with Crippen LogP contribution in [-0.4, -0.2) is 0 Å². The van der Waals surface area contributed by atoms with Crippen molar-refractivity contribution in [3.63, 3.8) is 0 Å². The van der Waals surface area contributed by atoms with Crippen LogP contribution in [-0.2, 0) is 6.42 Å². The van der Waals surface area contributed by atoms with Crippen molar-refractivity contribution in [2.45, 2.75) is 6.42 Å². The predicted molar refractivity (Wildman–Crippen MR) is 45.4 cm³/mol. The minimum absolute atomic E-state index is 0.743. The molecule has 0 saturated heterocycles. The van der Waals surface area contributed by atoms with Gasteiger partial charge in [0.1, 0.15) is 0 Å². The molecule has 0 bridgehead atoms. The van der Waals surface area contributed by atoms with Crippen LogP contribution in [0.4, 0.5) is 5.69 Å². The number of rotatable bonds is 0. The van der Waals surface area contributed by atoms with Crippen LogP contribution in [0.3, 0.4) is 0 Å². The van der Waals surface area contributed by atoms with Gasteiger partial charge in [0.15, 0.2) is 5.69 Å². The van der Waals surface area contributed by atoms with Crippen LogP contribution in [0.25, 0.3) is 10.9 Å². The molecule has 0 amide bonds. The quantitative estimate of drug-likeness (QED) is 0.489. The summed E-state index contributed by atoms with van der Waals surface area (Å²) in [5.74, 6) is 0. The zero-order valence-corrected chi connectivity index (χ0v) is 6.04. The summed E-state index contributed by atoms with van der Waals surface area (Å²) in [6, 6.07) is 5.83. The standard InChI is InChI=1S/C10H7N/c1-11-10-6-5-8-3-2-4-9(8)7-10/h2-3,5-7H,4H2. The van der Waals surface area contributed by atoms with Gasteiger partial charge in [-0.3, -0.25) is 0 Å². The lowest BCUT2D eigenvalue weighted by atomic mass is 10.1. The first-order valence-corrected chi connectivity index (χ1v) is 3.57. The smallest absolute Gasteiger partial charge is 0.187 e. The molecule has 1 aromatic rings. The fourth-order valence-electron chi connectivity index (χ4n) is 1.31. The highest BCUT2D eigenvalue weighted by molar-refractivity contribution is 5.64. The Labute approximate surface area is 65.8 Å². The summed E-state index contributed by atoms with van der Waals surface area (Å²) in [5, 5.41) is 0. The van der Waals surface area contributed by atoms with Crippen molar-refractivity contribution >= 4 is 11.8 Å². The van der Waals surface area contributed by atoms with Crippen molar-refractivity contribution in [1.82, 2.24) is 0 Å². The van der Waals surface area contributed by atoms with Gasteiger partial charge in [-0.2, -0.15) is 0 Å². The molecule has 0 fully saturated rings. The molecule has 0 heterocycles. The lowest BCUT2D eigenvalue weighted by Gasteiger charge is -1.96. The van der Waals surface area contributed by atoms with E-state index in [0.717, 1.165) is 12.1 Å². The predicted octanol–water partition coefficient (Wildman–Crippen LogP) is 2.81. The van der Waals surface area contributed by atoms with Crippen LogP contribution in [0.5, 0.6) is 0 Å². The van der Waals surface area contributed by atoms with Crippen molar-refractivity contribution in [3.05, 3.63) is 46.8 Å². The van der Waals surface area contributed by atoms with Crippen LogP contribution in [0.15, 0.2) is 24.3 Å². The summed E-state index contributed by atoms with van der Waals surface area (Å²) in [4.78, 5) is 3.37. The third kappa shape index (κ3) is 0.929. The zero-order chi connectivity index (χ0) is 7.68. The van der Waals surface area contributed by atoms with Crippen molar-refractivity contribution in [2.24, 2.45) is 0 Å². The molecule has 0 spiro atoms. The van der Waals surface area contributed by atoms with E-state index in [1.54, 1.807) is 0 Å². The summed E-state index contributed by atoms with van der Waals surface area (Å²) in [6.45, 7) is 6.81. The molecular formula is C10H7N. The second-order valence-corrected chi connectivity index (χ2v) is 2.60. The molecule has 0 radical (unpaired) electrons. The molecule has 52 valence electrons. The summed E-state index contributed by atoms with van der Waals surface area (Å²) in [6.07, 6.45) is 5.21. The van der Waals surface area contributed by atoms with Crippen molar-refractivity contribution in [3.8, 4) is 0 Å². The largest absolute Gasteiger partial charge is 0.238 e. The monoisotopic (exact) mass is 141 g/mol. The van der Waals surface area contributed by atoms with E-state index in [9.17, 15) is 0 Å². The van der Waals surface area contributed by atoms with Crippen LogP contribution >= 0.6 is 0 Å². The summed E-state index contributed by atoms with van der Waals surface area (Å²) in [7, 11) is 0. The first-order chi connectivity index (χ1) is 5.40. The number of allylic oxidation sites excluding steroid dienone is 1. The Morgan fingerprint density at radius 1 is 1.36 bits per heavy atom. The summed E-state index contributed by atoms with van der Waals surface area (Å²) < 4.78 is 0. The van der Waals surface area contributed by atoms with Gasteiger partial charge in [0.25, 0.3) is 0 Å². The first kappa shape index (κ1) is 6.18. The molecule has 0 unspecified atom stereocenters. The Bertz CT molecular complexity index is 356. The fraction of sp³-hybridized carbons (Fsp3) is 0.100. The molecule has 11 heavy (non-hydrogen) atoms. The number of benzene rings is 1. The molecule has 0 atom stereocenters. The highest BCUT2D eigenvalue weighted by Gasteiger charge is 2.04. The molecule has 0 aromatic heterocycles. The molecule has 1 aromatic carbocycles. The van der Waals surface area contributed by atoms with Crippen LogP contribution in [0.2, 0.25) is 0 Å². The van der Waals surface area contributed by atoms with Crippen LogP contribution < -0.4 is 0 Å². The fourth-order valence-corrected chi connectivity index (χ4v) is 1.31. The average Bonchev–Trinajstić information content (AvgIpc) is 2.50. The summed E-state index contributed by atoms with van der Waals surface area (Å²) in [5.41, 5.74) is 3.28. The maximum atomic E-state index is 6.81. The van der Waals surface area contributed by atoms with E-state index < -0.39 is 0 Å². The Morgan fingerprint density at radius 3 is 3.09 bits per heavy atom. The normalized spacial score (nSPS) is 12.6. The minimum Gasteiger partial charge on any atom is -0.238 e. The van der Waals surface area contributed by atoms with Gasteiger partial charge in [-0.15, -0.1) is 0 Å². The third-order valence-electron chi connectivity index (χ3n) is 1.89. The number of hydrogen-bond acceptors (Lipinski definition) is 0. The van der Waals surface area contributed by atoms with Crippen molar-refractivity contribution < 1.29 is 0 Å². The first-order valence-electron chi connectivity index (χ1n) is 3.57. The van der Waals surface area contributed by atoms with Gasteiger partial charge in [0.05, 0.1) is 6.57 Å². The molecule has 1 nitrogen and oxygen atoms in total. The Balaban J connectivity index is 2.56. The molecule has 2 rings (SSSR count). The highest BCUT2D eigenvalue weighted by atomic mass is 14.6. The molecule has 1 aliphatic carbocycles. The van der Waals surface area contributed by atoms with Gasteiger partial charge in [-0.05, 0) is 17.5 Å². The second kappa shape index (κ2) is 2.25. The van der Waals surface area contributed by atoms with Crippen molar-refractivity contribution in [1.29, 1.82) is 0 Å². The number of nitrogens with zero attached hydrogens (tertiary/aromatic N) is 1. The molecule has 1 aliphatic rings. The van der Waals surface area contributed by atoms with E-state index in [1.165, 1.54) is 11.1 Å². The van der Waals surface area contributed by atoms with E-state index in [4.69, 9.17) is 6.57 Å². The van der Waals surface area contributed by atoms with Gasteiger partial charge in [0, 0.05) is 0 Å². The Morgan fingerprint density at radius 2 is 2.27 bits per heavy atom. The maximum absolute atomic E-state index is 6.81. The van der Waals surface area contributed by atoms with Gasteiger partial charge >= 0.3 is 0 Å². The van der Waals surface area contributed by atoms with E-state index in [2.05, 4.69) is 17.0 Å². The number of hydrogen-bond donors (Lipinski definition) is 0. The van der Waals surface area contributed by atoms with Gasteiger partial charge in [-0.25, -0.2) is 4.85 Å². The molecule has 0 aliphatic heterocycles. The average molecular weight is 141 g/mol. The Kier molecular flexibility index (Phi) is 1.26. The highest BCUT2D eigenvalue weighted by Crippen LogP contribution is 2.24. The molecule has 0 N–H and O–H groups in total. The van der Waals surface area contributed by atoms with Crippen LogP contribution in [0.1, 0.15) is 11.1 Å². The van der Waals surface area contributed by atoms with E-state index in [0.29, 0.717) is 0 Å².